The lowest BCUT2D eigenvalue weighted by molar-refractivity contribution is 0.170. The molecule has 0 aromatic rings. The predicted molar refractivity (Wildman–Crippen MR) is 63.2 cm³/mol. The van der Waals surface area contributed by atoms with Crippen molar-refractivity contribution in [1.29, 1.82) is 0 Å². The summed E-state index contributed by atoms with van der Waals surface area (Å²) in [6.07, 6.45) is 9.11. The molecule has 0 aromatic heterocycles. The van der Waals surface area contributed by atoms with Crippen LogP contribution in [0, 0.1) is 11.8 Å². The van der Waals surface area contributed by atoms with E-state index >= 15 is 0 Å². The average Bonchev–Trinajstić information content (AvgIpc) is 2.01. The van der Waals surface area contributed by atoms with Gasteiger partial charge in [0, 0.05) is 5.54 Å². The van der Waals surface area contributed by atoms with Gasteiger partial charge in [-0.25, -0.2) is 0 Å². The molecule has 0 aromatic carbocycles. The van der Waals surface area contributed by atoms with Gasteiger partial charge in [-0.2, -0.15) is 0 Å². The van der Waals surface area contributed by atoms with Crippen LogP contribution in [0.3, 0.4) is 0 Å². The lowest BCUT2D eigenvalue weighted by Crippen LogP contribution is -2.46. The van der Waals surface area contributed by atoms with Crippen LogP contribution < -0.4 is 5.73 Å². The molecule has 1 nitrogen and oxygen atoms in total. The largest absolute Gasteiger partial charge is 0.325 e. The monoisotopic (exact) mass is 197 g/mol. The molecule has 2 atom stereocenters. The normalized spacial score (nSPS) is 38.6. The van der Waals surface area contributed by atoms with E-state index in [1.165, 1.54) is 44.9 Å². The summed E-state index contributed by atoms with van der Waals surface area (Å²) in [6, 6.07) is 0. The molecule has 1 aliphatic carbocycles. The summed E-state index contributed by atoms with van der Waals surface area (Å²) in [5, 5.41) is 0. The Labute approximate surface area is 89.5 Å². The topological polar surface area (TPSA) is 26.0 Å². The fourth-order valence-electron chi connectivity index (χ4n) is 3.26. The number of hydrogen-bond acceptors (Lipinski definition) is 1. The Bertz CT molecular complexity index is 155. The van der Waals surface area contributed by atoms with E-state index in [1.54, 1.807) is 0 Å². The van der Waals surface area contributed by atoms with Gasteiger partial charge in [0.15, 0.2) is 0 Å². The Kier molecular flexibility index (Phi) is 4.43. The maximum atomic E-state index is 6.48. The molecule has 1 aliphatic rings. The summed E-state index contributed by atoms with van der Waals surface area (Å²) in [4.78, 5) is 0. The first-order valence-corrected chi connectivity index (χ1v) is 6.34. The zero-order valence-electron chi connectivity index (χ0n) is 10.2. The Morgan fingerprint density at radius 3 is 2.21 bits per heavy atom. The molecular formula is C13H27N. The van der Waals surface area contributed by atoms with Gasteiger partial charge in [0.1, 0.15) is 0 Å². The van der Waals surface area contributed by atoms with Crippen molar-refractivity contribution in [3.05, 3.63) is 0 Å². The molecular weight excluding hydrogens is 170 g/mol. The Morgan fingerprint density at radius 1 is 1.14 bits per heavy atom. The highest BCUT2D eigenvalue weighted by atomic mass is 14.7. The van der Waals surface area contributed by atoms with E-state index in [1.807, 2.05) is 0 Å². The lowest BCUT2D eigenvalue weighted by Gasteiger charge is -2.40. The highest BCUT2D eigenvalue weighted by Gasteiger charge is 2.33. The third kappa shape index (κ3) is 3.61. The van der Waals surface area contributed by atoms with Crippen molar-refractivity contribution in [2.24, 2.45) is 17.6 Å². The maximum absolute atomic E-state index is 6.48. The molecule has 0 radical (unpaired) electrons. The minimum Gasteiger partial charge on any atom is -0.325 e. The fraction of sp³-hybridized carbons (Fsp3) is 1.00. The van der Waals surface area contributed by atoms with Crippen LogP contribution in [-0.2, 0) is 0 Å². The van der Waals surface area contributed by atoms with Crippen LogP contribution in [0.2, 0.25) is 0 Å². The molecule has 0 saturated heterocycles. The van der Waals surface area contributed by atoms with Crippen molar-refractivity contribution in [1.82, 2.24) is 0 Å². The molecule has 1 heteroatoms. The van der Waals surface area contributed by atoms with E-state index in [4.69, 9.17) is 5.73 Å². The van der Waals surface area contributed by atoms with E-state index in [0.717, 1.165) is 11.8 Å². The van der Waals surface area contributed by atoms with Crippen LogP contribution in [0.15, 0.2) is 0 Å². The van der Waals surface area contributed by atoms with Crippen molar-refractivity contribution in [3.63, 3.8) is 0 Å². The Balaban J connectivity index is 2.38. The molecule has 1 saturated carbocycles. The fourth-order valence-corrected chi connectivity index (χ4v) is 3.26. The van der Waals surface area contributed by atoms with Gasteiger partial charge in [-0.05, 0) is 37.5 Å². The van der Waals surface area contributed by atoms with Gasteiger partial charge in [-0.1, -0.05) is 40.0 Å². The zero-order chi connectivity index (χ0) is 10.6. The highest BCUT2D eigenvalue weighted by molar-refractivity contribution is 4.91. The van der Waals surface area contributed by atoms with Crippen LogP contribution in [0.5, 0.6) is 0 Å². The molecule has 0 spiro atoms. The molecule has 2 N–H and O–H groups in total. The third-order valence-electron chi connectivity index (χ3n) is 3.59. The summed E-state index contributed by atoms with van der Waals surface area (Å²) in [7, 11) is 0. The van der Waals surface area contributed by atoms with E-state index in [0.29, 0.717) is 0 Å². The first kappa shape index (κ1) is 12.0. The van der Waals surface area contributed by atoms with E-state index in [-0.39, 0.29) is 5.54 Å². The van der Waals surface area contributed by atoms with Gasteiger partial charge < -0.3 is 5.73 Å². The number of unbranched alkanes of at least 4 members (excludes halogenated alkanes) is 2. The molecule has 0 heterocycles. The molecule has 0 bridgehead atoms. The van der Waals surface area contributed by atoms with Crippen molar-refractivity contribution < 1.29 is 0 Å². The van der Waals surface area contributed by atoms with Crippen LogP contribution in [0.1, 0.15) is 65.7 Å². The Morgan fingerprint density at radius 2 is 1.71 bits per heavy atom. The summed E-state index contributed by atoms with van der Waals surface area (Å²) in [5.41, 5.74) is 6.65. The first-order valence-electron chi connectivity index (χ1n) is 6.34. The number of rotatable bonds is 4. The van der Waals surface area contributed by atoms with Crippen LogP contribution in [0.4, 0.5) is 0 Å². The smallest absolute Gasteiger partial charge is 0.0159 e. The molecule has 84 valence electrons. The standard InChI is InChI=1S/C13H27N/c1-4-5-6-7-13(14)9-11(2)8-12(3)10-13/h11-12H,4-10,14H2,1-3H3. The zero-order valence-corrected chi connectivity index (χ0v) is 10.2. The second-order valence-electron chi connectivity index (χ2n) is 5.67. The van der Waals surface area contributed by atoms with Gasteiger partial charge in [0.25, 0.3) is 0 Å². The average molecular weight is 197 g/mol. The SMILES string of the molecule is CCCCCC1(N)CC(C)CC(C)C1. The van der Waals surface area contributed by atoms with Crippen molar-refractivity contribution in [2.45, 2.75) is 71.3 Å². The highest BCUT2D eigenvalue weighted by Crippen LogP contribution is 2.37. The van der Waals surface area contributed by atoms with Crippen LogP contribution in [-0.4, -0.2) is 5.54 Å². The van der Waals surface area contributed by atoms with Gasteiger partial charge in [0.2, 0.25) is 0 Å². The minimum absolute atomic E-state index is 0.173. The lowest BCUT2D eigenvalue weighted by atomic mass is 9.70. The van der Waals surface area contributed by atoms with E-state index in [2.05, 4.69) is 20.8 Å². The summed E-state index contributed by atoms with van der Waals surface area (Å²) < 4.78 is 0. The predicted octanol–water partition coefficient (Wildman–Crippen LogP) is 3.72. The molecule has 1 fully saturated rings. The van der Waals surface area contributed by atoms with Crippen molar-refractivity contribution >= 4 is 0 Å². The minimum atomic E-state index is 0.173. The number of hydrogen-bond donors (Lipinski definition) is 1. The summed E-state index contributed by atoms with van der Waals surface area (Å²) in [6.45, 7) is 6.98. The molecule has 0 amide bonds. The second kappa shape index (κ2) is 5.16. The molecule has 1 rings (SSSR count). The van der Waals surface area contributed by atoms with Crippen LogP contribution >= 0.6 is 0 Å². The molecule has 14 heavy (non-hydrogen) atoms. The van der Waals surface area contributed by atoms with Crippen molar-refractivity contribution in [3.8, 4) is 0 Å². The van der Waals surface area contributed by atoms with Gasteiger partial charge in [-0.3, -0.25) is 0 Å². The first-order chi connectivity index (χ1) is 6.56. The summed E-state index contributed by atoms with van der Waals surface area (Å²) >= 11 is 0. The van der Waals surface area contributed by atoms with Crippen molar-refractivity contribution in [2.75, 3.05) is 0 Å². The van der Waals surface area contributed by atoms with E-state index in [9.17, 15) is 0 Å². The maximum Gasteiger partial charge on any atom is 0.0159 e. The number of nitrogens with two attached hydrogens (primary N) is 1. The van der Waals surface area contributed by atoms with Crippen LogP contribution in [0.25, 0.3) is 0 Å². The second-order valence-corrected chi connectivity index (χ2v) is 5.67. The van der Waals surface area contributed by atoms with Gasteiger partial charge in [0.05, 0.1) is 0 Å². The molecule has 0 aliphatic heterocycles. The summed E-state index contributed by atoms with van der Waals surface area (Å²) in [5.74, 6) is 1.68. The van der Waals surface area contributed by atoms with E-state index < -0.39 is 0 Å². The molecule has 2 unspecified atom stereocenters. The Hall–Kier alpha value is -0.0400. The third-order valence-corrected chi connectivity index (χ3v) is 3.59. The van der Waals surface area contributed by atoms with Gasteiger partial charge >= 0.3 is 0 Å². The van der Waals surface area contributed by atoms with Gasteiger partial charge in [-0.15, -0.1) is 0 Å². The quantitative estimate of drug-likeness (QED) is 0.683.